The Hall–Kier alpha value is -2.15. The fourth-order valence-electron chi connectivity index (χ4n) is 4.40. The van der Waals surface area contributed by atoms with E-state index >= 15 is 0 Å². The molecule has 1 aromatic carbocycles. The number of anilines is 1. The lowest BCUT2D eigenvalue weighted by Crippen LogP contribution is -2.68. The van der Waals surface area contributed by atoms with Gasteiger partial charge in [0.1, 0.15) is 12.1 Å². The Morgan fingerprint density at radius 3 is 2.48 bits per heavy atom. The molecule has 3 saturated heterocycles. The van der Waals surface area contributed by atoms with Crippen LogP contribution in [0.3, 0.4) is 0 Å². The highest BCUT2D eigenvalue weighted by molar-refractivity contribution is 5.43. The highest BCUT2D eigenvalue weighted by Gasteiger charge is 2.45. The van der Waals surface area contributed by atoms with Crippen molar-refractivity contribution in [1.29, 1.82) is 0 Å². The van der Waals surface area contributed by atoms with E-state index < -0.39 is 11.7 Å². The van der Waals surface area contributed by atoms with E-state index in [-0.39, 0.29) is 12.1 Å². The second-order valence-electron chi connectivity index (χ2n) is 7.85. The second-order valence-corrected chi connectivity index (χ2v) is 7.85. The number of aromatic nitrogens is 2. The van der Waals surface area contributed by atoms with Crippen LogP contribution in [-0.4, -0.2) is 40.0 Å². The van der Waals surface area contributed by atoms with Gasteiger partial charge < -0.3 is 4.90 Å². The lowest BCUT2D eigenvalue weighted by Gasteiger charge is -2.56. The van der Waals surface area contributed by atoms with Gasteiger partial charge >= 0.3 is 6.18 Å². The molecule has 4 heterocycles. The molecule has 1 aromatic heterocycles. The SMILES string of the molecule is FC(F)(F)c1ccccc1CN1C2CC1CN(c1cc(C3CC3)ncn1)C2. The van der Waals surface area contributed by atoms with Crippen molar-refractivity contribution in [2.45, 2.75) is 50.0 Å². The van der Waals surface area contributed by atoms with Crippen LogP contribution >= 0.6 is 0 Å². The third kappa shape index (κ3) is 3.18. The zero-order chi connectivity index (χ0) is 18.6. The summed E-state index contributed by atoms with van der Waals surface area (Å²) in [6.45, 7) is 1.98. The number of nitrogens with zero attached hydrogens (tertiary/aromatic N) is 4. The summed E-state index contributed by atoms with van der Waals surface area (Å²) in [5, 5.41) is 0. The number of piperidine rings is 1. The molecule has 2 bridgehead atoms. The quantitative estimate of drug-likeness (QED) is 0.814. The third-order valence-corrected chi connectivity index (χ3v) is 6.01. The lowest BCUT2D eigenvalue weighted by molar-refractivity contribution is -0.139. The van der Waals surface area contributed by atoms with Crippen LogP contribution in [0.4, 0.5) is 19.0 Å². The minimum Gasteiger partial charge on any atom is -0.353 e. The molecule has 0 radical (unpaired) electrons. The Morgan fingerprint density at radius 1 is 1.04 bits per heavy atom. The largest absolute Gasteiger partial charge is 0.416 e. The van der Waals surface area contributed by atoms with Crippen LogP contribution in [0, 0.1) is 0 Å². The molecular formula is C20H21F3N4. The Kier molecular flexibility index (Phi) is 3.89. The Bertz CT molecular complexity index is 837. The number of halogens is 3. The van der Waals surface area contributed by atoms with E-state index in [4.69, 9.17) is 0 Å². The summed E-state index contributed by atoms with van der Waals surface area (Å²) in [5.41, 5.74) is 0.970. The molecule has 4 aliphatic rings. The van der Waals surface area contributed by atoms with Gasteiger partial charge in [-0.25, -0.2) is 9.97 Å². The third-order valence-electron chi connectivity index (χ3n) is 6.01. The standard InChI is InChI=1S/C20H21F3N4/c21-20(22,23)17-4-2-1-3-14(17)9-27-15-7-16(27)11-26(10-15)19-8-18(13-5-6-13)24-12-25-19/h1-4,8,12-13,15-16H,5-7,9-11H2. The predicted octanol–water partition coefficient (Wildman–Crippen LogP) is 3.84. The van der Waals surface area contributed by atoms with Gasteiger partial charge in [-0.15, -0.1) is 0 Å². The first-order chi connectivity index (χ1) is 13.0. The normalized spacial score (nSPS) is 25.4. The van der Waals surface area contributed by atoms with Crippen molar-refractivity contribution in [1.82, 2.24) is 14.9 Å². The molecule has 4 fully saturated rings. The monoisotopic (exact) mass is 374 g/mol. The number of piperazine rings is 1. The van der Waals surface area contributed by atoms with Gasteiger partial charge in [-0.2, -0.15) is 13.2 Å². The van der Waals surface area contributed by atoms with Crippen molar-refractivity contribution >= 4 is 5.82 Å². The van der Waals surface area contributed by atoms with E-state index in [0.717, 1.165) is 31.0 Å². The summed E-state index contributed by atoms with van der Waals surface area (Å²) in [7, 11) is 0. The van der Waals surface area contributed by atoms with Crippen LogP contribution in [0.5, 0.6) is 0 Å². The second kappa shape index (κ2) is 6.19. The maximum atomic E-state index is 13.3. The minimum atomic E-state index is -4.30. The molecule has 0 N–H and O–H groups in total. The first-order valence-electron chi connectivity index (χ1n) is 9.47. The smallest absolute Gasteiger partial charge is 0.353 e. The number of hydrogen-bond donors (Lipinski definition) is 0. The molecule has 0 amide bonds. The van der Waals surface area contributed by atoms with Gasteiger partial charge in [-0.05, 0) is 30.9 Å². The number of hydrogen-bond acceptors (Lipinski definition) is 4. The van der Waals surface area contributed by atoms with Crippen molar-refractivity contribution in [3.8, 4) is 0 Å². The molecule has 142 valence electrons. The fourth-order valence-corrected chi connectivity index (χ4v) is 4.40. The molecule has 6 rings (SSSR count). The summed E-state index contributed by atoms with van der Waals surface area (Å²) in [5.74, 6) is 1.54. The van der Waals surface area contributed by atoms with Gasteiger partial charge in [0, 0.05) is 49.4 Å². The Morgan fingerprint density at radius 2 is 1.78 bits per heavy atom. The van der Waals surface area contributed by atoms with Crippen molar-refractivity contribution < 1.29 is 13.2 Å². The van der Waals surface area contributed by atoms with Crippen molar-refractivity contribution in [3.05, 3.63) is 53.5 Å². The summed E-state index contributed by atoms with van der Waals surface area (Å²) in [6, 6.07) is 8.57. The molecule has 2 atom stereocenters. The highest BCUT2D eigenvalue weighted by Crippen LogP contribution is 2.41. The first kappa shape index (κ1) is 17.0. The summed E-state index contributed by atoms with van der Waals surface area (Å²) in [6.07, 6.45) is 0.788. The number of fused-ring (bicyclic) bond motifs is 2. The molecule has 3 aliphatic heterocycles. The zero-order valence-electron chi connectivity index (χ0n) is 14.9. The van der Waals surface area contributed by atoms with E-state index in [1.165, 1.54) is 25.0 Å². The van der Waals surface area contributed by atoms with Crippen LogP contribution in [0.25, 0.3) is 0 Å². The molecular weight excluding hydrogens is 353 g/mol. The fraction of sp³-hybridized carbons (Fsp3) is 0.500. The topological polar surface area (TPSA) is 32.3 Å². The van der Waals surface area contributed by atoms with Gasteiger partial charge in [0.2, 0.25) is 0 Å². The van der Waals surface area contributed by atoms with E-state index in [0.29, 0.717) is 18.0 Å². The van der Waals surface area contributed by atoms with Gasteiger partial charge in [-0.3, -0.25) is 4.90 Å². The zero-order valence-corrected chi connectivity index (χ0v) is 14.9. The molecule has 2 unspecified atom stereocenters. The van der Waals surface area contributed by atoms with Gasteiger partial charge in [-0.1, -0.05) is 18.2 Å². The molecule has 1 saturated carbocycles. The van der Waals surface area contributed by atoms with Crippen molar-refractivity contribution in [3.63, 3.8) is 0 Å². The van der Waals surface area contributed by atoms with Gasteiger partial charge in [0.15, 0.2) is 0 Å². The average molecular weight is 374 g/mol. The maximum absolute atomic E-state index is 13.3. The van der Waals surface area contributed by atoms with Crippen LogP contribution in [0.1, 0.15) is 42.0 Å². The Balaban J connectivity index is 1.29. The number of rotatable bonds is 4. The van der Waals surface area contributed by atoms with Crippen LogP contribution in [0.15, 0.2) is 36.7 Å². The number of benzene rings is 1. The highest BCUT2D eigenvalue weighted by atomic mass is 19.4. The first-order valence-corrected chi connectivity index (χ1v) is 9.47. The van der Waals surface area contributed by atoms with E-state index in [1.54, 1.807) is 18.5 Å². The Labute approximate surface area is 156 Å². The van der Waals surface area contributed by atoms with Crippen molar-refractivity contribution in [2.24, 2.45) is 0 Å². The van der Waals surface area contributed by atoms with Crippen LogP contribution < -0.4 is 4.90 Å². The molecule has 0 spiro atoms. The summed E-state index contributed by atoms with van der Waals surface area (Å²) < 4.78 is 39.8. The van der Waals surface area contributed by atoms with Crippen LogP contribution in [0.2, 0.25) is 0 Å². The maximum Gasteiger partial charge on any atom is 0.416 e. The van der Waals surface area contributed by atoms with Crippen LogP contribution in [-0.2, 0) is 12.7 Å². The minimum absolute atomic E-state index is 0.282. The molecule has 4 nitrogen and oxygen atoms in total. The van der Waals surface area contributed by atoms with E-state index in [9.17, 15) is 13.2 Å². The molecule has 27 heavy (non-hydrogen) atoms. The average Bonchev–Trinajstić information content (AvgIpc) is 3.51. The van der Waals surface area contributed by atoms with E-state index in [1.807, 2.05) is 0 Å². The lowest BCUT2D eigenvalue weighted by atomic mass is 9.86. The molecule has 7 heteroatoms. The molecule has 1 aliphatic carbocycles. The molecule has 2 aromatic rings. The predicted molar refractivity (Wildman–Crippen MR) is 95.4 cm³/mol. The summed E-state index contributed by atoms with van der Waals surface area (Å²) >= 11 is 0. The van der Waals surface area contributed by atoms with Gasteiger partial charge in [0.05, 0.1) is 5.56 Å². The van der Waals surface area contributed by atoms with E-state index in [2.05, 4.69) is 25.8 Å². The van der Waals surface area contributed by atoms with Gasteiger partial charge in [0.25, 0.3) is 0 Å². The number of alkyl halides is 3. The van der Waals surface area contributed by atoms with Crippen molar-refractivity contribution in [2.75, 3.05) is 18.0 Å². The summed E-state index contributed by atoms with van der Waals surface area (Å²) in [4.78, 5) is 13.3.